The van der Waals surface area contributed by atoms with Crippen molar-refractivity contribution in [3.05, 3.63) is 59.4 Å². The first kappa shape index (κ1) is 17.3. The average molecular weight is 312 g/mol. The summed E-state index contributed by atoms with van der Waals surface area (Å²) in [6, 6.07) is 10.6. The van der Waals surface area contributed by atoms with Crippen LogP contribution in [0.3, 0.4) is 0 Å². The first-order chi connectivity index (χ1) is 10.7. The second kappa shape index (κ2) is 6.61. The topological polar surface area (TPSA) is 32.3 Å². The first-order valence-corrected chi connectivity index (χ1v) is 8.20. The standard InChI is InChI=1S/C20H28N2O/c1-14(2)18(15(3)23)19-21-17(16-10-8-7-9-11-16)12-13-20(4,5)22(19)6/h7-11,17,21H,1,12-13H2,2-6H3/b19-18+/t17-/m1/s1. The van der Waals surface area contributed by atoms with E-state index < -0.39 is 0 Å². The van der Waals surface area contributed by atoms with Gasteiger partial charge in [0.05, 0.1) is 11.6 Å². The minimum atomic E-state index is -0.0258. The molecule has 23 heavy (non-hydrogen) atoms. The van der Waals surface area contributed by atoms with Gasteiger partial charge >= 0.3 is 0 Å². The van der Waals surface area contributed by atoms with E-state index >= 15 is 0 Å². The third-order valence-electron chi connectivity index (χ3n) is 4.82. The molecule has 1 aliphatic rings. The highest BCUT2D eigenvalue weighted by atomic mass is 16.1. The van der Waals surface area contributed by atoms with Crippen molar-refractivity contribution in [1.82, 2.24) is 10.2 Å². The van der Waals surface area contributed by atoms with Crippen LogP contribution >= 0.6 is 0 Å². The van der Waals surface area contributed by atoms with Crippen LogP contribution in [0.15, 0.2) is 53.9 Å². The van der Waals surface area contributed by atoms with Crippen molar-refractivity contribution < 1.29 is 4.79 Å². The van der Waals surface area contributed by atoms with Gasteiger partial charge in [-0.2, -0.15) is 0 Å². The number of hydrogen-bond acceptors (Lipinski definition) is 3. The van der Waals surface area contributed by atoms with Crippen molar-refractivity contribution in [1.29, 1.82) is 0 Å². The van der Waals surface area contributed by atoms with E-state index in [0.29, 0.717) is 5.57 Å². The zero-order chi connectivity index (χ0) is 17.2. The molecule has 0 aromatic heterocycles. The van der Waals surface area contributed by atoms with Gasteiger partial charge < -0.3 is 10.2 Å². The fourth-order valence-electron chi connectivity index (χ4n) is 3.15. The average Bonchev–Trinajstić information content (AvgIpc) is 2.59. The number of nitrogens with one attached hydrogen (secondary N) is 1. The normalized spacial score (nSPS) is 22.8. The SMILES string of the molecule is C=C(C)/C(C(C)=O)=C1/N[C@@H](c2ccccc2)CCC(C)(C)N1C. The van der Waals surface area contributed by atoms with Gasteiger partial charge in [-0.15, -0.1) is 0 Å². The number of ketones is 1. The number of nitrogens with zero attached hydrogens (tertiary/aromatic N) is 1. The zero-order valence-electron chi connectivity index (χ0n) is 14.9. The Hall–Kier alpha value is -2.03. The molecule has 3 heteroatoms. The van der Waals surface area contributed by atoms with Gasteiger partial charge in [0.25, 0.3) is 0 Å². The summed E-state index contributed by atoms with van der Waals surface area (Å²) in [5, 5.41) is 3.62. The summed E-state index contributed by atoms with van der Waals surface area (Å²) < 4.78 is 0. The zero-order valence-corrected chi connectivity index (χ0v) is 14.9. The summed E-state index contributed by atoms with van der Waals surface area (Å²) in [4.78, 5) is 14.4. The van der Waals surface area contributed by atoms with Gasteiger partial charge in [-0.3, -0.25) is 4.79 Å². The largest absolute Gasteiger partial charge is 0.364 e. The van der Waals surface area contributed by atoms with Gasteiger partial charge in [0.2, 0.25) is 0 Å². The Labute approximate surface area is 140 Å². The van der Waals surface area contributed by atoms with Gasteiger partial charge in [-0.25, -0.2) is 0 Å². The molecule has 0 spiro atoms. The van der Waals surface area contributed by atoms with E-state index in [2.05, 4.69) is 62.0 Å². The van der Waals surface area contributed by atoms with Gasteiger partial charge in [-0.1, -0.05) is 36.9 Å². The van der Waals surface area contributed by atoms with Crippen LogP contribution in [0.4, 0.5) is 0 Å². The molecule has 3 nitrogen and oxygen atoms in total. The van der Waals surface area contributed by atoms with E-state index in [4.69, 9.17) is 0 Å². The maximum absolute atomic E-state index is 12.2. The Morgan fingerprint density at radius 1 is 1.26 bits per heavy atom. The fraction of sp³-hybridized carbons (Fsp3) is 0.450. The van der Waals surface area contributed by atoms with E-state index in [0.717, 1.165) is 24.2 Å². The Bertz CT molecular complexity index is 612. The fourth-order valence-corrected chi connectivity index (χ4v) is 3.15. The van der Waals surface area contributed by atoms with Crippen molar-refractivity contribution in [2.24, 2.45) is 0 Å². The van der Waals surface area contributed by atoms with Crippen LogP contribution in [0.1, 0.15) is 52.1 Å². The Balaban J connectivity index is 2.54. The maximum atomic E-state index is 12.2. The molecule has 1 atom stereocenters. The lowest BCUT2D eigenvalue weighted by Crippen LogP contribution is -2.43. The van der Waals surface area contributed by atoms with Crippen LogP contribution in [-0.2, 0) is 4.79 Å². The van der Waals surface area contributed by atoms with Crippen molar-refractivity contribution in [2.75, 3.05) is 7.05 Å². The summed E-state index contributed by atoms with van der Waals surface area (Å²) in [6.07, 6.45) is 2.06. The molecular formula is C20H28N2O. The molecule has 1 aliphatic heterocycles. The minimum absolute atomic E-state index is 0.0258. The Morgan fingerprint density at radius 3 is 2.39 bits per heavy atom. The Morgan fingerprint density at radius 2 is 1.87 bits per heavy atom. The minimum Gasteiger partial charge on any atom is -0.364 e. The molecule has 0 radical (unpaired) electrons. The van der Waals surface area contributed by atoms with Crippen LogP contribution < -0.4 is 5.32 Å². The second-order valence-electron chi connectivity index (χ2n) is 7.08. The first-order valence-electron chi connectivity index (χ1n) is 8.20. The molecule has 0 aliphatic carbocycles. The molecule has 0 bridgehead atoms. The summed E-state index contributed by atoms with van der Waals surface area (Å²) >= 11 is 0. The lowest BCUT2D eigenvalue weighted by molar-refractivity contribution is -0.113. The highest BCUT2D eigenvalue weighted by molar-refractivity contribution is 5.98. The summed E-state index contributed by atoms with van der Waals surface area (Å²) in [6.45, 7) is 12.0. The van der Waals surface area contributed by atoms with Crippen LogP contribution in [0.5, 0.6) is 0 Å². The van der Waals surface area contributed by atoms with Crippen LogP contribution in [0, 0.1) is 0 Å². The smallest absolute Gasteiger partial charge is 0.163 e. The highest BCUT2D eigenvalue weighted by Gasteiger charge is 2.33. The Kier molecular flexibility index (Phi) is 4.98. The molecule has 1 aromatic rings. The van der Waals surface area contributed by atoms with E-state index in [1.54, 1.807) is 6.92 Å². The second-order valence-corrected chi connectivity index (χ2v) is 7.08. The quantitative estimate of drug-likeness (QED) is 0.849. The van der Waals surface area contributed by atoms with E-state index in [-0.39, 0.29) is 17.4 Å². The predicted octanol–water partition coefficient (Wildman–Crippen LogP) is 4.20. The van der Waals surface area contributed by atoms with Gasteiger partial charge in [0.1, 0.15) is 5.82 Å². The third-order valence-corrected chi connectivity index (χ3v) is 4.82. The number of Topliss-reactive ketones (excluding diaryl/α,β-unsaturated/α-hetero) is 1. The number of carbonyl (C=O) groups excluding carboxylic acids is 1. The monoisotopic (exact) mass is 312 g/mol. The molecule has 0 unspecified atom stereocenters. The van der Waals surface area contributed by atoms with Crippen molar-refractivity contribution in [2.45, 2.75) is 52.1 Å². The number of allylic oxidation sites excluding steroid dienone is 2. The molecule has 2 rings (SSSR count). The summed E-state index contributed by atoms with van der Waals surface area (Å²) in [5.41, 5.74) is 2.72. The van der Waals surface area contributed by atoms with Crippen molar-refractivity contribution >= 4 is 5.78 Å². The molecule has 1 heterocycles. The molecule has 1 aromatic carbocycles. The summed E-state index contributed by atoms with van der Waals surface area (Å²) in [7, 11) is 2.06. The van der Waals surface area contributed by atoms with E-state index in [9.17, 15) is 4.79 Å². The highest BCUT2D eigenvalue weighted by Crippen LogP contribution is 2.34. The molecule has 124 valence electrons. The molecule has 1 saturated heterocycles. The van der Waals surface area contributed by atoms with E-state index in [1.165, 1.54) is 5.56 Å². The molecule has 0 amide bonds. The molecule has 1 fully saturated rings. The number of carbonyl (C=O) groups is 1. The van der Waals surface area contributed by atoms with Crippen molar-refractivity contribution in [3.63, 3.8) is 0 Å². The van der Waals surface area contributed by atoms with Crippen LogP contribution in [-0.4, -0.2) is 23.3 Å². The van der Waals surface area contributed by atoms with Gasteiger partial charge in [0.15, 0.2) is 5.78 Å². The van der Waals surface area contributed by atoms with E-state index in [1.807, 2.05) is 13.0 Å². The predicted molar refractivity (Wildman–Crippen MR) is 95.9 cm³/mol. The number of hydrogen-bond donors (Lipinski definition) is 1. The summed E-state index contributed by atoms with van der Waals surface area (Å²) in [5.74, 6) is 0.942. The van der Waals surface area contributed by atoms with Crippen LogP contribution in [0.2, 0.25) is 0 Å². The van der Waals surface area contributed by atoms with Gasteiger partial charge in [0, 0.05) is 12.6 Å². The number of rotatable bonds is 3. The molecule has 1 N–H and O–H groups in total. The third kappa shape index (κ3) is 3.66. The van der Waals surface area contributed by atoms with Crippen molar-refractivity contribution in [3.8, 4) is 0 Å². The number of benzene rings is 1. The molecular weight excluding hydrogens is 284 g/mol. The lowest BCUT2D eigenvalue weighted by Gasteiger charge is -2.37. The maximum Gasteiger partial charge on any atom is 0.163 e. The lowest BCUT2D eigenvalue weighted by atomic mass is 9.93. The van der Waals surface area contributed by atoms with Crippen LogP contribution in [0.25, 0.3) is 0 Å². The molecule has 0 saturated carbocycles. The van der Waals surface area contributed by atoms with Gasteiger partial charge in [-0.05, 0) is 51.7 Å².